The molecular formula is C17H11Br. The molecule has 3 aromatic carbocycles. The maximum Gasteiger partial charge on any atom is 0.0289 e. The molecule has 0 amide bonds. The third kappa shape index (κ3) is 1.20. The first kappa shape index (κ1) is 10.3. The molecule has 86 valence electrons. The zero-order valence-corrected chi connectivity index (χ0v) is 11.4. The fraction of sp³-hybridized carbons (Fsp3) is 0.0588. The van der Waals surface area contributed by atoms with Crippen LogP contribution in [-0.2, 0) is 5.33 Å². The van der Waals surface area contributed by atoms with Gasteiger partial charge in [0.2, 0.25) is 0 Å². The summed E-state index contributed by atoms with van der Waals surface area (Å²) < 4.78 is 0. The van der Waals surface area contributed by atoms with Crippen LogP contribution in [0, 0.1) is 0 Å². The second-order valence-electron chi connectivity index (χ2n) is 4.68. The molecule has 0 heterocycles. The third-order valence-corrected chi connectivity index (χ3v) is 4.36. The van der Waals surface area contributed by atoms with Gasteiger partial charge in [-0.05, 0) is 38.6 Å². The summed E-state index contributed by atoms with van der Waals surface area (Å²) in [5.74, 6) is 0. The van der Waals surface area contributed by atoms with Crippen LogP contribution in [0.2, 0.25) is 0 Å². The molecule has 0 unspecified atom stereocenters. The Morgan fingerprint density at radius 1 is 0.722 bits per heavy atom. The first-order valence-electron chi connectivity index (χ1n) is 6.10. The summed E-state index contributed by atoms with van der Waals surface area (Å²) in [6.07, 6.45) is 0. The fourth-order valence-electron chi connectivity index (χ4n) is 3.03. The van der Waals surface area contributed by atoms with E-state index in [1.165, 1.54) is 38.6 Å². The molecule has 4 rings (SSSR count). The molecule has 0 fully saturated rings. The van der Waals surface area contributed by atoms with E-state index in [4.69, 9.17) is 0 Å². The van der Waals surface area contributed by atoms with Gasteiger partial charge in [-0.15, -0.1) is 0 Å². The summed E-state index contributed by atoms with van der Waals surface area (Å²) in [6, 6.07) is 19.8. The number of fused-ring (bicyclic) bond motifs is 3. The van der Waals surface area contributed by atoms with E-state index in [1.807, 2.05) is 0 Å². The lowest BCUT2D eigenvalue weighted by Gasteiger charge is -2.06. The second kappa shape index (κ2) is 3.69. The van der Waals surface area contributed by atoms with Crippen LogP contribution in [0.5, 0.6) is 0 Å². The highest BCUT2D eigenvalue weighted by Gasteiger charge is 2.22. The molecular weight excluding hydrogens is 284 g/mol. The molecule has 0 spiro atoms. The topological polar surface area (TPSA) is 0 Å². The van der Waals surface area contributed by atoms with Crippen molar-refractivity contribution in [1.82, 2.24) is 0 Å². The molecule has 1 aliphatic rings. The van der Waals surface area contributed by atoms with Crippen LogP contribution in [-0.4, -0.2) is 0 Å². The molecule has 0 aromatic heterocycles. The van der Waals surface area contributed by atoms with Crippen molar-refractivity contribution in [2.75, 3.05) is 0 Å². The summed E-state index contributed by atoms with van der Waals surface area (Å²) in [6.45, 7) is 0. The van der Waals surface area contributed by atoms with Gasteiger partial charge < -0.3 is 0 Å². The van der Waals surface area contributed by atoms with Gasteiger partial charge in [0.05, 0.1) is 0 Å². The number of alkyl halides is 1. The lowest BCUT2D eigenvalue weighted by molar-refractivity contribution is 1.45. The van der Waals surface area contributed by atoms with Gasteiger partial charge in [-0.2, -0.15) is 0 Å². The first-order valence-corrected chi connectivity index (χ1v) is 7.22. The van der Waals surface area contributed by atoms with Gasteiger partial charge in [-0.25, -0.2) is 0 Å². The first-order chi connectivity index (χ1) is 8.90. The SMILES string of the molecule is BrCc1cccc2c1-c1cccc3cccc-2c13. The van der Waals surface area contributed by atoms with Gasteiger partial charge >= 0.3 is 0 Å². The molecule has 0 atom stereocenters. The van der Waals surface area contributed by atoms with Crippen LogP contribution >= 0.6 is 15.9 Å². The number of hydrogen-bond acceptors (Lipinski definition) is 0. The van der Waals surface area contributed by atoms with Crippen molar-refractivity contribution in [2.24, 2.45) is 0 Å². The summed E-state index contributed by atoms with van der Waals surface area (Å²) in [4.78, 5) is 0. The van der Waals surface area contributed by atoms with E-state index in [-0.39, 0.29) is 0 Å². The second-order valence-corrected chi connectivity index (χ2v) is 5.24. The van der Waals surface area contributed by atoms with Gasteiger partial charge in [0.1, 0.15) is 0 Å². The highest BCUT2D eigenvalue weighted by atomic mass is 79.9. The Morgan fingerprint density at radius 3 is 2.17 bits per heavy atom. The summed E-state index contributed by atoms with van der Waals surface area (Å²) in [7, 11) is 0. The molecule has 0 aliphatic heterocycles. The Balaban J connectivity index is 2.24. The molecule has 3 aromatic rings. The highest BCUT2D eigenvalue weighted by molar-refractivity contribution is 9.08. The van der Waals surface area contributed by atoms with Crippen LogP contribution in [0.1, 0.15) is 5.56 Å². The van der Waals surface area contributed by atoms with Crippen LogP contribution in [0.4, 0.5) is 0 Å². The Kier molecular flexibility index (Phi) is 2.12. The maximum atomic E-state index is 3.60. The van der Waals surface area contributed by atoms with E-state index in [2.05, 4.69) is 70.5 Å². The molecule has 1 aliphatic carbocycles. The molecule has 0 nitrogen and oxygen atoms in total. The monoisotopic (exact) mass is 294 g/mol. The van der Waals surface area contributed by atoms with Crippen molar-refractivity contribution in [3.05, 3.63) is 60.2 Å². The average molecular weight is 295 g/mol. The van der Waals surface area contributed by atoms with Crippen molar-refractivity contribution < 1.29 is 0 Å². The molecule has 0 bridgehead atoms. The zero-order chi connectivity index (χ0) is 12.1. The van der Waals surface area contributed by atoms with Crippen LogP contribution in [0.15, 0.2) is 54.6 Å². The lowest BCUT2D eigenvalue weighted by Crippen LogP contribution is -1.84. The Hall–Kier alpha value is -1.60. The normalized spacial score (nSPS) is 11.8. The van der Waals surface area contributed by atoms with Crippen molar-refractivity contribution in [2.45, 2.75) is 5.33 Å². The molecule has 18 heavy (non-hydrogen) atoms. The van der Waals surface area contributed by atoms with E-state index >= 15 is 0 Å². The van der Waals surface area contributed by atoms with Crippen molar-refractivity contribution in [3.8, 4) is 22.3 Å². The maximum absolute atomic E-state index is 3.60. The largest absolute Gasteiger partial charge is 0.0876 e. The minimum atomic E-state index is 0.903. The van der Waals surface area contributed by atoms with E-state index < -0.39 is 0 Å². The number of halogens is 1. The predicted molar refractivity (Wildman–Crippen MR) is 81.0 cm³/mol. The van der Waals surface area contributed by atoms with Gasteiger partial charge in [0.15, 0.2) is 0 Å². The van der Waals surface area contributed by atoms with E-state index in [1.54, 1.807) is 0 Å². The van der Waals surface area contributed by atoms with E-state index in [9.17, 15) is 0 Å². The Labute approximate surface area is 114 Å². The minimum Gasteiger partial charge on any atom is -0.0876 e. The predicted octanol–water partition coefficient (Wildman–Crippen LogP) is 5.38. The number of hydrogen-bond donors (Lipinski definition) is 0. The summed E-state index contributed by atoms with van der Waals surface area (Å²) in [5.41, 5.74) is 6.91. The quantitative estimate of drug-likeness (QED) is 0.413. The lowest BCUT2D eigenvalue weighted by atomic mass is 9.99. The van der Waals surface area contributed by atoms with Gasteiger partial charge in [-0.3, -0.25) is 0 Å². The van der Waals surface area contributed by atoms with Crippen molar-refractivity contribution >= 4 is 26.7 Å². The molecule has 0 N–H and O–H groups in total. The zero-order valence-electron chi connectivity index (χ0n) is 9.78. The molecule has 0 radical (unpaired) electrons. The van der Waals surface area contributed by atoms with Crippen molar-refractivity contribution in [3.63, 3.8) is 0 Å². The minimum absolute atomic E-state index is 0.903. The van der Waals surface area contributed by atoms with Gasteiger partial charge in [0.25, 0.3) is 0 Å². The van der Waals surface area contributed by atoms with Gasteiger partial charge in [-0.1, -0.05) is 70.5 Å². The summed E-state index contributed by atoms with van der Waals surface area (Å²) in [5, 5.41) is 3.64. The van der Waals surface area contributed by atoms with E-state index in [0.717, 1.165) is 5.33 Å². The van der Waals surface area contributed by atoms with E-state index in [0.29, 0.717) is 0 Å². The summed E-state index contributed by atoms with van der Waals surface area (Å²) >= 11 is 3.60. The standard InChI is InChI=1S/C17H11Br/c18-10-12-6-3-8-14-13-7-1-4-11-5-2-9-15(16(11)13)17(12)14/h1-9H,10H2. The fourth-order valence-corrected chi connectivity index (χ4v) is 3.50. The highest BCUT2D eigenvalue weighted by Crippen LogP contribution is 2.48. The molecule has 1 heteroatoms. The number of rotatable bonds is 1. The smallest absolute Gasteiger partial charge is 0.0289 e. The molecule has 0 saturated carbocycles. The molecule has 0 saturated heterocycles. The average Bonchev–Trinajstić information content (AvgIpc) is 2.77. The van der Waals surface area contributed by atoms with Crippen LogP contribution < -0.4 is 0 Å². The van der Waals surface area contributed by atoms with Crippen LogP contribution in [0.25, 0.3) is 33.0 Å². The van der Waals surface area contributed by atoms with Gasteiger partial charge in [0, 0.05) is 5.33 Å². The Morgan fingerprint density at radius 2 is 1.39 bits per heavy atom. The van der Waals surface area contributed by atoms with Crippen molar-refractivity contribution in [1.29, 1.82) is 0 Å². The Bertz CT molecular complexity index is 766. The van der Waals surface area contributed by atoms with Crippen LogP contribution in [0.3, 0.4) is 0 Å². The number of benzene rings is 3. The third-order valence-electron chi connectivity index (χ3n) is 3.76.